The van der Waals surface area contributed by atoms with Crippen molar-refractivity contribution in [3.05, 3.63) is 29.0 Å². The summed E-state index contributed by atoms with van der Waals surface area (Å²) >= 11 is 5.78. The van der Waals surface area contributed by atoms with Gasteiger partial charge in [0.1, 0.15) is 5.15 Å². The predicted molar refractivity (Wildman–Crippen MR) is 109 cm³/mol. The molecule has 1 fully saturated rings. The maximum absolute atomic E-state index is 5.78. The fourth-order valence-electron chi connectivity index (χ4n) is 2.97. The fourth-order valence-corrected chi connectivity index (χ4v) is 3.08. The number of guanidine groups is 1. The molecule has 2 N–H and O–H groups in total. The molecule has 1 aliphatic rings. The minimum absolute atomic E-state index is 0. The molecule has 0 bridgehead atoms. The Balaban J connectivity index is 0.00000264. The molecule has 23 heavy (non-hydrogen) atoms. The van der Waals surface area contributed by atoms with Crippen LogP contribution in [0.4, 0.5) is 0 Å². The lowest BCUT2D eigenvalue weighted by Gasteiger charge is -2.22. The van der Waals surface area contributed by atoms with E-state index in [1.165, 1.54) is 44.1 Å². The Morgan fingerprint density at radius 3 is 2.61 bits per heavy atom. The topological polar surface area (TPSA) is 49.3 Å². The summed E-state index contributed by atoms with van der Waals surface area (Å²) in [5.41, 5.74) is 1.18. The van der Waals surface area contributed by atoms with Crippen molar-refractivity contribution in [1.29, 1.82) is 0 Å². The van der Waals surface area contributed by atoms with Gasteiger partial charge < -0.3 is 10.6 Å². The molecule has 6 heteroatoms. The summed E-state index contributed by atoms with van der Waals surface area (Å²) in [5, 5.41) is 7.30. The molecule has 2 rings (SSSR count). The maximum atomic E-state index is 5.78. The van der Waals surface area contributed by atoms with Crippen LogP contribution < -0.4 is 10.6 Å². The van der Waals surface area contributed by atoms with Crippen LogP contribution in [0, 0.1) is 5.92 Å². The van der Waals surface area contributed by atoms with E-state index < -0.39 is 0 Å². The average molecular weight is 451 g/mol. The van der Waals surface area contributed by atoms with Gasteiger partial charge in [0.2, 0.25) is 0 Å². The predicted octanol–water partition coefficient (Wildman–Crippen LogP) is 4.03. The van der Waals surface area contributed by atoms with Crippen molar-refractivity contribution in [3.63, 3.8) is 0 Å². The van der Waals surface area contributed by atoms with E-state index >= 15 is 0 Å². The first-order valence-electron chi connectivity index (χ1n) is 8.33. The molecule has 0 radical (unpaired) electrons. The summed E-state index contributed by atoms with van der Waals surface area (Å²) < 4.78 is 0. The Labute approximate surface area is 161 Å². The van der Waals surface area contributed by atoms with E-state index in [1.54, 1.807) is 0 Å². The van der Waals surface area contributed by atoms with Gasteiger partial charge >= 0.3 is 0 Å². The molecule has 0 atom stereocenters. The molecule has 1 saturated carbocycles. The van der Waals surface area contributed by atoms with E-state index in [4.69, 9.17) is 11.6 Å². The Kier molecular flexibility index (Phi) is 10.6. The van der Waals surface area contributed by atoms with Crippen LogP contribution in [0.3, 0.4) is 0 Å². The number of nitrogens with one attached hydrogen (secondary N) is 2. The fraction of sp³-hybridized carbons (Fsp3) is 0.647. The van der Waals surface area contributed by atoms with Crippen LogP contribution in [0.1, 0.15) is 44.1 Å². The Hall–Kier alpha value is -0.560. The first-order valence-corrected chi connectivity index (χ1v) is 8.70. The molecule has 1 aromatic heterocycles. The number of halogens is 2. The Bertz CT molecular complexity index is 458. The van der Waals surface area contributed by atoms with Crippen molar-refractivity contribution >= 4 is 41.5 Å². The third kappa shape index (κ3) is 8.20. The number of hydrogen-bond acceptors (Lipinski definition) is 2. The van der Waals surface area contributed by atoms with E-state index in [9.17, 15) is 0 Å². The van der Waals surface area contributed by atoms with Gasteiger partial charge in [-0.1, -0.05) is 49.8 Å². The molecule has 0 saturated heterocycles. The van der Waals surface area contributed by atoms with Gasteiger partial charge in [-0.25, -0.2) is 4.98 Å². The van der Waals surface area contributed by atoms with Crippen LogP contribution in [0.5, 0.6) is 0 Å². The minimum Gasteiger partial charge on any atom is -0.356 e. The average Bonchev–Trinajstić information content (AvgIpc) is 2.56. The van der Waals surface area contributed by atoms with Gasteiger partial charge in [-0.05, 0) is 30.4 Å². The third-order valence-corrected chi connectivity index (χ3v) is 4.51. The highest BCUT2D eigenvalue weighted by molar-refractivity contribution is 14.0. The maximum Gasteiger partial charge on any atom is 0.190 e. The van der Waals surface area contributed by atoms with Gasteiger partial charge in [-0.3, -0.25) is 4.99 Å². The van der Waals surface area contributed by atoms with Crippen molar-refractivity contribution in [2.24, 2.45) is 10.9 Å². The van der Waals surface area contributed by atoms with E-state index in [0.29, 0.717) is 5.15 Å². The standard InChI is InChI=1S/C17H27ClN4.HI/c1-19-17(20-11-9-14-5-3-2-4-6-14)21-12-10-15-7-8-16(18)22-13-15;/h7-8,13-14H,2-6,9-12H2,1H3,(H2,19,20,21);1H. The number of hydrogen-bond donors (Lipinski definition) is 2. The number of nitrogens with zero attached hydrogens (tertiary/aromatic N) is 2. The molecule has 1 aliphatic carbocycles. The second-order valence-corrected chi connectivity index (χ2v) is 6.34. The van der Waals surface area contributed by atoms with Crippen LogP contribution in [-0.2, 0) is 6.42 Å². The van der Waals surface area contributed by atoms with Gasteiger partial charge in [0.05, 0.1) is 0 Å². The van der Waals surface area contributed by atoms with Gasteiger partial charge in [0.15, 0.2) is 5.96 Å². The molecule has 130 valence electrons. The van der Waals surface area contributed by atoms with Crippen LogP contribution in [0.2, 0.25) is 5.15 Å². The second-order valence-electron chi connectivity index (χ2n) is 5.96. The normalized spacial score (nSPS) is 15.8. The molecule has 0 amide bonds. The zero-order valence-corrected chi connectivity index (χ0v) is 16.9. The minimum atomic E-state index is 0. The van der Waals surface area contributed by atoms with E-state index in [-0.39, 0.29) is 24.0 Å². The van der Waals surface area contributed by atoms with Crippen LogP contribution in [0.25, 0.3) is 0 Å². The van der Waals surface area contributed by atoms with Crippen LogP contribution in [-0.4, -0.2) is 31.1 Å². The number of aromatic nitrogens is 1. The smallest absolute Gasteiger partial charge is 0.190 e. The summed E-state index contributed by atoms with van der Waals surface area (Å²) in [4.78, 5) is 8.36. The SMILES string of the molecule is CN=C(NCCc1ccc(Cl)nc1)NCCC1CCCCC1.I. The lowest BCUT2D eigenvalue weighted by atomic mass is 9.87. The highest BCUT2D eigenvalue weighted by atomic mass is 127. The lowest BCUT2D eigenvalue weighted by Crippen LogP contribution is -2.39. The monoisotopic (exact) mass is 450 g/mol. The van der Waals surface area contributed by atoms with Crippen molar-refractivity contribution in [2.45, 2.75) is 44.9 Å². The highest BCUT2D eigenvalue weighted by Gasteiger charge is 2.12. The van der Waals surface area contributed by atoms with Crippen LogP contribution >= 0.6 is 35.6 Å². The molecule has 4 nitrogen and oxygen atoms in total. The Morgan fingerprint density at radius 1 is 1.22 bits per heavy atom. The molecular formula is C17H28ClIN4. The first kappa shape index (κ1) is 20.5. The summed E-state index contributed by atoms with van der Waals surface area (Å²) in [6, 6.07) is 3.84. The summed E-state index contributed by atoms with van der Waals surface area (Å²) in [5.74, 6) is 1.79. The van der Waals surface area contributed by atoms with Crippen LogP contribution in [0.15, 0.2) is 23.3 Å². The number of pyridine rings is 1. The molecule has 0 unspecified atom stereocenters. The first-order chi connectivity index (χ1) is 10.8. The summed E-state index contributed by atoms with van der Waals surface area (Å²) in [6.45, 7) is 1.85. The molecule has 0 aromatic carbocycles. The lowest BCUT2D eigenvalue weighted by molar-refractivity contribution is 0.339. The van der Waals surface area contributed by atoms with E-state index in [2.05, 4.69) is 20.6 Å². The second kappa shape index (κ2) is 11.9. The number of rotatable bonds is 6. The zero-order valence-electron chi connectivity index (χ0n) is 13.9. The van der Waals surface area contributed by atoms with Crippen molar-refractivity contribution in [2.75, 3.05) is 20.1 Å². The zero-order chi connectivity index (χ0) is 15.6. The van der Waals surface area contributed by atoms with Gasteiger partial charge in [-0.2, -0.15) is 0 Å². The van der Waals surface area contributed by atoms with Gasteiger partial charge in [0, 0.05) is 26.3 Å². The molecule has 1 heterocycles. The van der Waals surface area contributed by atoms with Crippen molar-refractivity contribution in [3.8, 4) is 0 Å². The molecule has 0 aliphatic heterocycles. The van der Waals surface area contributed by atoms with Crippen molar-refractivity contribution < 1.29 is 0 Å². The van der Waals surface area contributed by atoms with E-state index in [1.807, 2.05) is 25.4 Å². The Morgan fingerprint density at radius 2 is 1.96 bits per heavy atom. The van der Waals surface area contributed by atoms with Gasteiger partial charge in [-0.15, -0.1) is 24.0 Å². The third-order valence-electron chi connectivity index (χ3n) is 4.29. The van der Waals surface area contributed by atoms with E-state index in [0.717, 1.165) is 31.4 Å². The highest BCUT2D eigenvalue weighted by Crippen LogP contribution is 2.25. The summed E-state index contributed by atoms with van der Waals surface area (Å²) in [6.07, 6.45) is 11.0. The summed E-state index contributed by atoms with van der Waals surface area (Å²) in [7, 11) is 1.82. The molecule has 0 spiro atoms. The molecular weight excluding hydrogens is 423 g/mol. The quantitative estimate of drug-likeness (QED) is 0.298. The number of aliphatic imine (C=N–C) groups is 1. The molecule has 1 aromatic rings. The largest absolute Gasteiger partial charge is 0.356 e. The van der Waals surface area contributed by atoms with Gasteiger partial charge in [0.25, 0.3) is 0 Å². The van der Waals surface area contributed by atoms with Crippen molar-refractivity contribution in [1.82, 2.24) is 15.6 Å².